The third-order valence-corrected chi connectivity index (χ3v) is 4.06. The van der Waals surface area contributed by atoms with E-state index in [4.69, 9.17) is 32.7 Å². The lowest BCUT2D eigenvalue weighted by atomic mass is 10.1. The zero-order chi connectivity index (χ0) is 18.6. The lowest BCUT2D eigenvalue weighted by molar-refractivity contribution is -0.153. The summed E-state index contributed by atoms with van der Waals surface area (Å²) >= 11 is 11.8. The lowest BCUT2D eigenvalue weighted by Gasteiger charge is -2.18. The van der Waals surface area contributed by atoms with Gasteiger partial charge in [0.1, 0.15) is 5.75 Å². The molecule has 0 saturated heterocycles. The second-order valence-corrected chi connectivity index (χ2v) is 6.49. The van der Waals surface area contributed by atoms with E-state index in [1.54, 1.807) is 24.3 Å². The molecule has 0 fully saturated rings. The predicted molar refractivity (Wildman–Crippen MR) is 97.6 cm³/mol. The van der Waals surface area contributed by atoms with Crippen molar-refractivity contribution in [2.24, 2.45) is 0 Å². The molecule has 2 aromatic rings. The minimum atomic E-state index is -0.924. The van der Waals surface area contributed by atoms with Gasteiger partial charge in [0.15, 0.2) is 12.2 Å². The summed E-state index contributed by atoms with van der Waals surface area (Å²) in [4.78, 5) is 24.5. The van der Waals surface area contributed by atoms with Crippen LogP contribution in [0.3, 0.4) is 0 Å². The highest BCUT2D eigenvalue weighted by atomic mass is 35.5. The zero-order valence-corrected chi connectivity index (χ0v) is 15.6. The summed E-state index contributed by atoms with van der Waals surface area (Å²) in [5, 5.41) is 0.751. The number of hydrogen-bond donors (Lipinski definition) is 0. The summed E-state index contributed by atoms with van der Waals surface area (Å²) < 4.78 is 10.7. The van der Waals surface area contributed by atoms with E-state index in [0.717, 1.165) is 5.56 Å². The molecule has 0 N–H and O–H groups in total. The van der Waals surface area contributed by atoms with E-state index in [0.29, 0.717) is 16.3 Å². The Hall–Kier alpha value is -2.04. The minimum absolute atomic E-state index is 0.273. The lowest BCUT2D eigenvalue weighted by Crippen LogP contribution is -2.32. The third kappa shape index (κ3) is 5.21. The molecule has 132 valence electrons. The van der Waals surface area contributed by atoms with E-state index in [1.165, 1.54) is 19.9 Å². The Morgan fingerprint density at radius 3 is 2.20 bits per heavy atom. The van der Waals surface area contributed by atoms with Crippen molar-refractivity contribution in [2.75, 3.05) is 0 Å². The molecule has 6 heteroatoms. The molecule has 0 saturated carbocycles. The Kier molecular flexibility index (Phi) is 6.45. The van der Waals surface area contributed by atoms with Gasteiger partial charge in [-0.25, -0.2) is 4.79 Å². The van der Waals surface area contributed by atoms with Crippen LogP contribution in [0.25, 0.3) is 0 Å². The average Bonchev–Trinajstić information content (AvgIpc) is 2.57. The molecular weight excluding hydrogens is 363 g/mol. The Morgan fingerprint density at radius 1 is 0.960 bits per heavy atom. The van der Waals surface area contributed by atoms with Gasteiger partial charge >= 0.3 is 5.97 Å². The van der Waals surface area contributed by atoms with Crippen molar-refractivity contribution in [1.82, 2.24) is 0 Å². The first-order chi connectivity index (χ1) is 11.8. The van der Waals surface area contributed by atoms with Gasteiger partial charge in [-0.05, 0) is 39.0 Å². The molecule has 2 atom stereocenters. The highest BCUT2D eigenvalue weighted by molar-refractivity contribution is 6.35. The molecule has 25 heavy (non-hydrogen) atoms. The topological polar surface area (TPSA) is 52.6 Å². The standard InChI is InChI=1S/C19H18Cl2O4/c1-11-4-6-14(7-5-11)18(22)12(2)25-19(23)13(3)24-17-9-8-15(20)10-16(17)21/h4-10,12-13H,1-3H3/t12-,13+/m0/s1. The molecule has 0 unspecified atom stereocenters. The summed E-state index contributed by atoms with van der Waals surface area (Å²) in [6.45, 7) is 4.98. The Morgan fingerprint density at radius 2 is 1.60 bits per heavy atom. The van der Waals surface area contributed by atoms with Crippen LogP contribution in [0.1, 0.15) is 29.8 Å². The highest BCUT2D eigenvalue weighted by Gasteiger charge is 2.24. The third-order valence-electron chi connectivity index (χ3n) is 3.53. The molecule has 0 aliphatic carbocycles. The number of aryl methyl sites for hydroxylation is 1. The highest BCUT2D eigenvalue weighted by Crippen LogP contribution is 2.28. The van der Waals surface area contributed by atoms with Crippen molar-refractivity contribution in [3.8, 4) is 5.75 Å². The summed E-state index contributed by atoms with van der Waals surface area (Å²) in [6, 6.07) is 11.7. The van der Waals surface area contributed by atoms with Gasteiger partial charge in [0, 0.05) is 10.6 Å². The van der Waals surface area contributed by atoms with Crippen LogP contribution < -0.4 is 4.74 Å². The first-order valence-electron chi connectivity index (χ1n) is 7.71. The number of halogens is 2. The van der Waals surface area contributed by atoms with Crippen molar-refractivity contribution in [3.05, 3.63) is 63.6 Å². The number of carbonyl (C=O) groups is 2. The Balaban J connectivity index is 1.97. The first-order valence-corrected chi connectivity index (χ1v) is 8.46. The Labute approximate surface area is 156 Å². The molecular formula is C19H18Cl2O4. The largest absolute Gasteiger partial charge is 0.477 e. The fourth-order valence-corrected chi connectivity index (χ4v) is 2.54. The SMILES string of the molecule is Cc1ccc(C(=O)[C@H](C)OC(=O)[C@@H](C)Oc2ccc(Cl)cc2Cl)cc1. The van der Waals surface area contributed by atoms with E-state index >= 15 is 0 Å². The van der Waals surface area contributed by atoms with Gasteiger partial charge in [-0.2, -0.15) is 0 Å². The van der Waals surface area contributed by atoms with Crippen molar-refractivity contribution >= 4 is 35.0 Å². The van der Waals surface area contributed by atoms with Crippen molar-refractivity contribution < 1.29 is 19.1 Å². The van der Waals surface area contributed by atoms with Crippen LogP contribution in [-0.2, 0) is 9.53 Å². The van der Waals surface area contributed by atoms with Gasteiger partial charge in [-0.15, -0.1) is 0 Å². The maximum absolute atomic E-state index is 12.3. The molecule has 0 bridgehead atoms. The molecule has 0 radical (unpaired) electrons. The first kappa shape index (κ1) is 19.3. The van der Waals surface area contributed by atoms with Crippen molar-refractivity contribution in [3.63, 3.8) is 0 Å². The van der Waals surface area contributed by atoms with Crippen LogP contribution in [0, 0.1) is 6.92 Å². The monoisotopic (exact) mass is 380 g/mol. The fourth-order valence-electron chi connectivity index (χ4n) is 2.09. The van der Waals surface area contributed by atoms with E-state index in [-0.39, 0.29) is 10.8 Å². The maximum Gasteiger partial charge on any atom is 0.347 e. The maximum atomic E-state index is 12.3. The van der Waals surface area contributed by atoms with E-state index in [9.17, 15) is 9.59 Å². The van der Waals surface area contributed by atoms with E-state index in [2.05, 4.69) is 0 Å². The summed E-state index contributed by atoms with van der Waals surface area (Å²) in [5.74, 6) is -0.614. The molecule has 4 nitrogen and oxygen atoms in total. The number of benzene rings is 2. The molecule has 0 amide bonds. The van der Waals surface area contributed by atoms with Crippen LogP contribution in [0.5, 0.6) is 5.75 Å². The average molecular weight is 381 g/mol. The van der Waals surface area contributed by atoms with Gasteiger partial charge in [-0.3, -0.25) is 4.79 Å². The Bertz CT molecular complexity index is 771. The second kappa shape index (κ2) is 8.37. The van der Waals surface area contributed by atoms with Crippen LogP contribution in [-0.4, -0.2) is 24.0 Å². The normalized spacial score (nSPS) is 13.0. The number of Topliss-reactive ketones (excluding diaryl/α,β-unsaturated/α-hetero) is 1. The minimum Gasteiger partial charge on any atom is -0.477 e. The molecule has 2 aromatic carbocycles. The second-order valence-electron chi connectivity index (χ2n) is 5.64. The zero-order valence-electron chi connectivity index (χ0n) is 14.1. The quantitative estimate of drug-likeness (QED) is 0.529. The number of hydrogen-bond acceptors (Lipinski definition) is 4. The molecule has 0 aliphatic heterocycles. The number of rotatable bonds is 6. The molecule has 0 aliphatic rings. The van der Waals surface area contributed by atoms with Crippen molar-refractivity contribution in [2.45, 2.75) is 33.0 Å². The predicted octanol–water partition coefficient (Wildman–Crippen LogP) is 4.88. The fraction of sp³-hybridized carbons (Fsp3) is 0.263. The summed E-state index contributed by atoms with van der Waals surface area (Å²) in [6.07, 6.45) is -1.84. The molecule has 0 heterocycles. The van der Waals surface area contributed by atoms with Crippen molar-refractivity contribution in [1.29, 1.82) is 0 Å². The van der Waals surface area contributed by atoms with E-state index < -0.39 is 18.2 Å². The van der Waals surface area contributed by atoms with Gasteiger partial charge in [0.2, 0.25) is 5.78 Å². The number of ketones is 1. The number of esters is 1. The summed E-state index contributed by atoms with van der Waals surface area (Å²) in [7, 11) is 0. The van der Waals surface area contributed by atoms with Gasteiger partial charge in [0.25, 0.3) is 0 Å². The van der Waals surface area contributed by atoms with E-state index in [1.807, 2.05) is 19.1 Å². The number of ether oxygens (including phenoxy) is 2. The molecule has 0 aromatic heterocycles. The van der Waals surface area contributed by atoms with Gasteiger partial charge < -0.3 is 9.47 Å². The molecule has 0 spiro atoms. The summed E-state index contributed by atoms with van der Waals surface area (Å²) in [5.41, 5.74) is 1.53. The smallest absolute Gasteiger partial charge is 0.347 e. The van der Waals surface area contributed by atoms with Crippen LogP contribution in [0.15, 0.2) is 42.5 Å². The number of carbonyl (C=O) groups excluding carboxylic acids is 2. The van der Waals surface area contributed by atoms with Crippen LogP contribution >= 0.6 is 23.2 Å². The van der Waals surface area contributed by atoms with Gasteiger partial charge in [0.05, 0.1) is 5.02 Å². The van der Waals surface area contributed by atoms with Crippen LogP contribution in [0.2, 0.25) is 10.0 Å². The molecule has 2 rings (SSSR count). The van der Waals surface area contributed by atoms with Crippen LogP contribution in [0.4, 0.5) is 0 Å². The van der Waals surface area contributed by atoms with Gasteiger partial charge in [-0.1, -0.05) is 53.0 Å².